The van der Waals surface area contributed by atoms with E-state index in [9.17, 15) is 9.59 Å². The van der Waals surface area contributed by atoms with Gasteiger partial charge in [-0.15, -0.1) is 10.2 Å². The Bertz CT molecular complexity index is 768. The highest BCUT2D eigenvalue weighted by Gasteiger charge is 2.12. The van der Waals surface area contributed by atoms with E-state index in [1.54, 1.807) is 0 Å². The van der Waals surface area contributed by atoms with Gasteiger partial charge in [0.2, 0.25) is 11.8 Å². The summed E-state index contributed by atoms with van der Waals surface area (Å²) in [6.07, 6.45) is 0. The van der Waals surface area contributed by atoms with Crippen molar-refractivity contribution in [1.29, 1.82) is 0 Å². The van der Waals surface area contributed by atoms with Crippen molar-refractivity contribution in [2.24, 2.45) is 0 Å². The first-order chi connectivity index (χ1) is 9.22. The Morgan fingerprint density at radius 1 is 1.00 bits per heavy atom. The first kappa shape index (κ1) is 11.2. The van der Waals surface area contributed by atoms with Gasteiger partial charge in [-0.05, 0) is 17.0 Å². The Labute approximate surface area is 104 Å². The third-order valence-electron chi connectivity index (χ3n) is 2.29. The van der Waals surface area contributed by atoms with E-state index in [0.717, 1.165) is 5.56 Å². The standard InChI is InChI=1S/C11H7N3O5/c15-10-11(16)19-14(18-10)6-8-12-13-9(17-8)7-4-2-1-3-5-7/h1-5H,6H2. The van der Waals surface area contributed by atoms with E-state index >= 15 is 0 Å². The van der Waals surface area contributed by atoms with Gasteiger partial charge < -0.3 is 4.42 Å². The van der Waals surface area contributed by atoms with E-state index in [1.165, 1.54) is 0 Å². The number of nitrogens with zero attached hydrogens (tertiary/aromatic N) is 3. The highest BCUT2D eigenvalue weighted by atomic mass is 16.7. The van der Waals surface area contributed by atoms with Crippen molar-refractivity contribution in [3.8, 4) is 11.5 Å². The molecule has 96 valence electrons. The Balaban J connectivity index is 1.86. The van der Waals surface area contributed by atoms with Crippen LogP contribution in [0.25, 0.3) is 11.5 Å². The van der Waals surface area contributed by atoms with Crippen LogP contribution in [0, 0.1) is 0 Å². The summed E-state index contributed by atoms with van der Waals surface area (Å²) in [4.78, 5) is 22.3. The highest BCUT2D eigenvalue weighted by Crippen LogP contribution is 2.16. The molecule has 0 saturated heterocycles. The smallest absolute Gasteiger partial charge is 0.418 e. The molecule has 0 spiro atoms. The van der Waals surface area contributed by atoms with Crippen molar-refractivity contribution in [3.63, 3.8) is 0 Å². The molecule has 0 aliphatic carbocycles. The summed E-state index contributed by atoms with van der Waals surface area (Å²) in [6, 6.07) is 9.16. The van der Waals surface area contributed by atoms with Crippen molar-refractivity contribution < 1.29 is 13.5 Å². The zero-order chi connectivity index (χ0) is 13.2. The summed E-state index contributed by atoms with van der Waals surface area (Å²) in [5, 5.41) is 7.61. The van der Waals surface area contributed by atoms with Gasteiger partial charge in [-0.2, -0.15) is 0 Å². The van der Waals surface area contributed by atoms with Crippen LogP contribution in [0.15, 0.2) is 53.4 Å². The average Bonchev–Trinajstić information content (AvgIpc) is 2.99. The second-order valence-corrected chi connectivity index (χ2v) is 3.62. The van der Waals surface area contributed by atoms with Gasteiger partial charge in [-0.25, -0.2) is 9.59 Å². The molecule has 8 heteroatoms. The van der Waals surface area contributed by atoms with Gasteiger partial charge in [-0.1, -0.05) is 18.2 Å². The fourth-order valence-corrected chi connectivity index (χ4v) is 1.47. The molecular formula is C11H7N3O5. The molecule has 0 saturated carbocycles. The lowest BCUT2D eigenvalue weighted by molar-refractivity contribution is 0.0779. The summed E-state index contributed by atoms with van der Waals surface area (Å²) >= 11 is 0. The number of aromatic nitrogens is 3. The van der Waals surface area contributed by atoms with E-state index in [2.05, 4.69) is 19.2 Å². The van der Waals surface area contributed by atoms with Gasteiger partial charge in [0.05, 0.1) is 0 Å². The maximum atomic E-state index is 10.8. The normalized spacial score (nSPS) is 10.7. The Kier molecular flexibility index (Phi) is 2.60. The number of benzene rings is 1. The molecule has 19 heavy (non-hydrogen) atoms. The van der Waals surface area contributed by atoms with Crippen LogP contribution in [0.1, 0.15) is 5.89 Å². The van der Waals surface area contributed by atoms with Crippen molar-refractivity contribution in [1.82, 2.24) is 15.1 Å². The monoisotopic (exact) mass is 261 g/mol. The molecule has 0 radical (unpaired) electrons. The first-order valence-electron chi connectivity index (χ1n) is 5.32. The van der Waals surface area contributed by atoms with E-state index in [0.29, 0.717) is 10.8 Å². The molecule has 0 amide bonds. The summed E-state index contributed by atoms with van der Waals surface area (Å²) in [6.45, 7) is -0.128. The Hall–Kier alpha value is -2.90. The Morgan fingerprint density at radius 2 is 1.68 bits per heavy atom. The molecule has 3 rings (SSSR count). The third kappa shape index (κ3) is 2.23. The zero-order valence-electron chi connectivity index (χ0n) is 9.48. The molecule has 0 atom stereocenters. The molecule has 0 N–H and O–H groups in total. The van der Waals surface area contributed by atoms with Crippen LogP contribution in [-0.2, 0) is 6.54 Å². The lowest BCUT2D eigenvalue weighted by Gasteiger charge is -1.92. The minimum Gasteiger partial charge on any atom is -0.418 e. The molecule has 2 heterocycles. The van der Waals surface area contributed by atoms with Gasteiger partial charge in [0.1, 0.15) is 0 Å². The predicted molar refractivity (Wildman–Crippen MR) is 60.3 cm³/mol. The molecule has 2 aromatic heterocycles. The van der Waals surface area contributed by atoms with Gasteiger partial charge in [0, 0.05) is 5.56 Å². The molecule has 0 aliphatic rings. The lowest BCUT2D eigenvalue weighted by atomic mass is 10.2. The van der Waals surface area contributed by atoms with E-state index in [1.807, 2.05) is 30.3 Å². The lowest BCUT2D eigenvalue weighted by Crippen LogP contribution is -2.14. The van der Waals surface area contributed by atoms with Crippen LogP contribution in [0.4, 0.5) is 0 Å². The quantitative estimate of drug-likeness (QED) is 0.632. The minimum atomic E-state index is -1.08. The van der Waals surface area contributed by atoms with Crippen LogP contribution in [0.5, 0.6) is 0 Å². The molecule has 8 nitrogen and oxygen atoms in total. The topological polar surface area (TPSA) is 104 Å². The number of rotatable bonds is 3. The fourth-order valence-electron chi connectivity index (χ4n) is 1.47. The molecule has 0 unspecified atom stereocenters. The second kappa shape index (κ2) is 4.41. The molecule has 0 aliphatic heterocycles. The number of hydrogen-bond acceptors (Lipinski definition) is 7. The Morgan fingerprint density at radius 3 is 2.37 bits per heavy atom. The predicted octanol–water partition coefficient (Wildman–Crippen LogP) is 0.493. The van der Waals surface area contributed by atoms with Gasteiger partial charge in [0.15, 0.2) is 6.54 Å². The van der Waals surface area contributed by atoms with Crippen LogP contribution >= 0.6 is 0 Å². The third-order valence-corrected chi connectivity index (χ3v) is 2.29. The van der Waals surface area contributed by atoms with E-state index < -0.39 is 11.3 Å². The molecule has 0 bridgehead atoms. The van der Waals surface area contributed by atoms with Gasteiger partial charge in [0.25, 0.3) is 0 Å². The zero-order valence-corrected chi connectivity index (χ0v) is 9.48. The average molecular weight is 261 g/mol. The minimum absolute atomic E-state index is 0.128. The van der Waals surface area contributed by atoms with Gasteiger partial charge >= 0.3 is 11.3 Å². The first-order valence-corrected chi connectivity index (χ1v) is 5.32. The van der Waals surface area contributed by atoms with Gasteiger partial charge in [-0.3, -0.25) is 9.05 Å². The van der Waals surface area contributed by atoms with Crippen molar-refractivity contribution in [2.45, 2.75) is 6.54 Å². The largest absolute Gasteiger partial charge is 0.446 e. The summed E-state index contributed by atoms with van der Waals surface area (Å²) in [5.74, 6) is 0.480. The maximum Gasteiger partial charge on any atom is 0.446 e. The summed E-state index contributed by atoms with van der Waals surface area (Å²) in [5.41, 5.74) is -1.40. The second-order valence-electron chi connectivity index (χ2n) is 3.62. The highest BCUT2D eigenvalue weighted by molar-refractivity contribution is 5.51. The van der Waals surface area contributed by atoms with Crippen molar-refractivity contribution in [2.75, 3.05) is 0 Å². The number of hydrogen-bond donors (Lipinski definition) is 0. The van der Waals surface area contributed by atoms with E-state index in [-0.39, 0.29) is 12.4 Å². The van der Waals surface area contributed by atoms with Crippen molar-refractivity contribution >= 4 is 0 Å². The summed E-state index contributed by atoms with van der Waals surface area (Å²) < 4.78 is 14.3. The van der Waals surface area contributed by atoms with Crippen LogP contribution in [0.2, 0.25) is 0 Å². The molecule has 3 aromatic rings. The van der Waals surface area contributed by atoms with Crippen LogP contribution in [-0.4, -0.2) is 15.1 Å². The van der Waals surface area contributed by atoms with Crippen LogP contribution in [0.3, 0.4) is 0 Å². The summed E-state index contributed by atoms with van der Waals surface area (Å²) in [7, 11) is 0. The maximum absolute atomic E-state index is 10.8. The molecule has 0 fully saturated rings. The van der Waals surface area contributed by atoms with Crippen molar-refractivity contribution in [3.05, 3.63) is 57.1 Å². The molecular weight excluding hydrogens is 254 g/mol. The molecule has 1 aromatic carbocycles. The van der Waals surface area contributed by atoms with E-state index in [4.69, 9.17) is 4.42 Å². The van der Waals surface area contributed by atoms with Crippen LogP contribution < -0.4 is 11.3 Å². The fraction of sp³-hybridized carbons (Fsp3) is 0.0909. The SMILES string of the molecule is O=c1on(Cc2nnc(-c3ccccc3)o2)oc1=O.